The first-order valence-electron chi connectivity index (χ1n) is 6.35. The van der Waals surface area contributed by atoms with Gasteiger partial charge < -0.3 is 5.73 Å². The molecule has 0 radical (unpaired) electrons. The Labute approximate surface area is 120 Å². The van der Waals surface area contributed by atoms with Crippen molar-refractivity contribution in [2.45, 2.75) is 0 Å². The summed E-state index contributed by atoms with van der Waals surface area (Å²) in [7, 11) is 0. The van der Waals surface area contributed by atoms with E-state index in [-0.39, 0.29) is 17.3 Å². The van der Waals surface area contributed by atoms with Gasteiger partial charge in [0.1, 0.15) is 5.82 Å². The van der Waals surface area contributed by atoms with Crippen LogP contribution in [-0.2, 0) is 0 Å². The number of anilines is 1. The Morgan fingerprint density at radius 3 is 2.57 bits per heavy atom. The van der Waals surface area contributed by atoms with E-state index in [1.807, 2.05) is 6.07 Å². The third kappa shape index (κ3) is 2.41. The highest BCUT2D eigenvalue weighted by molar-refractivity contribution is 6.11. The highest BCUT2D eigenvalue weighted by Gasteiger charge is 2.16. The summed E-state index contributed by atoms with van der Waals surface area (Å²) in [5.41, 5.74) is 7.00. The smallest absolute Gasteiger partial charge is 0.204 e. The van der Waals surface area contributed by atoms with Crippen LogP contribution in [0.2, 0.25) is 0 Å². The molecule has 21 heavy (non-hydrogen) atoms. The Bertz CT molecular complexity index is 796. The van der Waals surface area contributed by atoms with Crippen molar-refractivity contribution >= 4 is 11.7 Å². The van der Waals surface area contributed by atoms with Gasteiger partial charge in [-0.1, -0.05) is 30.3 Å². The van der Waals surface area contributed by atoms with E-state index in [1.165, 1.54) is 24.4 Å². The van der Waals surface area contributed by atoms with Crippen LogP contribution in [0.3, 0.4) is 0 Å². The molecular formula is C16H12FN3O. The van der Waals surface area contributed by atoms with Crippen LogP contribution >= 0.6 is 0 Å². The lowest BCUT2D eigenvalue weighted by Crippen LogP contribution is -2.09. The number of halogens is 1. The minimum Gasteiger partial charge on any atom is -0.369 e. The molecule has 0 saturated carbocycles. The van der Waals surface area contributed by atoms with E-state index < -0.39 is 5.82 Å². The van der Waals surface area contributed by atoms with Crippen LogP contribution < -0.4 is 5.73 Å². The Hall–Kier alpha value is -2.95. The highest BCUT2D eigenvalue weighted by atomic mass is 19.1. The predicted molar refractivity (Wildman–Crippen MR) is 77.8 cm³/mol. The number of hydrogen-bond acceptors (Lipinski definition) is 3. The van der Waals surface area contributed by atoms with Crippen LogP contribution in [0.5, 0.6) is 0 Å². The molecule has 0 amide bonds. The van der Waals surface area contributed by atoms with Gasteiger partial charge in [0.05, 0.1) is 5.69 Å². The Kier molecular flexibility index (Phi) is 3.23. The summed E-state index contributed by atoms with van der Waals surface area (Å²) < 4.78 is 15.1. The first-order chi connectivity index (χ1) is 10.2. The molecular weight excluding hydrogens is 269 g/mol. The summed E-state index contributed by atoms with van der Waals surface area (Å²) in [6.07, 6.45) is 3.15. The lowest BCUT2D eigenvalue weighted by Gasteiger charge is -2.11. The molecule has 0 aliphatic rings. The lowest BCUT2D eigenvalue weighted by atomic mass is 10.0. The second-order valence-electron chi connectivity index (χ2n) is 4.51. The molecule has 5 heteroatoms. The summed E-state index contributed by atoms with van der Waals surface area (Å²) in [6, 6.07) is 12.7. The molecule has 0 aliphatic heterocycles. The minimum atomic E-state index is -0.475. The van der Waals surface area contributed by atoms with Crippen molar-refractivity contribution in [3.63, 3.8) is 0 Å². The fraction of sp³-hybridized carbons (Fsp3) is 0. The average molecular weight is 281 g/mol. The summed E-state index contributed by atoms with van der Waals surface area (Å²) >= 11 is 0. The van der Waals surface area contributed by atoms with Crippen LogP contribution in [0.1, 0.15) is 15.9 Å². The lowest BCUT2D eigenvalue weighted by molar-refractivity contribution is 0.103. The van der Waals surface area contributed by atoms with E-state index >= 15 is 0 Å². The van der Waals surface area contributed by atoms with Crippen molar-refractivity contribution in [2.75, 3.05) is 5.73 Å². The second-order valence-corrected chi connectivity index (χ2v) is 4.51. The van der Waals surface area contributed by atoms with E-state index in [4.69, 9.17) is 5.73 Å². The molecule has 2 aromatic carbocycles. The quantitative estimate of drug-likeness (QED) is 0.751. The third-order valence-electron chi connectivity index (χ3n) is 3.17. The molecule has 0 fully saturated rings. The Morgan fingerprint density at radius 2 is 1.90 bits per heavy atom. The van der Waals surface area contributed by atoms with E-state index in [2.05, 4.69) is 4.98 Å². The van der Waals surface area contributed by atoms with Crippen molar-refractivity contribution in [1.29, 1.82) is 0 Å². The topological polar surface area (TPSA) is 60.9 Å². The Morgan fingerprint density at radius 1 is 1.14 bits per heavy atom. The largest absolute Gasteiger partial charge is 0.369 e. The van der Waals surface area contributed by atoms with Gasteiger partial charge in [-0.3, -0.25) is 9.36 Å². The molecule has 0 atom stereocenters. The summed E-state index contributed by atoms with van der Waals surface area (Å²) in [4.78, 5) is 16.5. The summed E-state index contributed by atoms with van der Waals surface area (Å²) in [5.74, 6) is -0.501. The number of imidazole rings is 1. The van der Waals surface area contributed by atoms with Gasteiger partial charge in [-0.2, -0.15) is 0 Å². The average Bonchev–Trinajstić information content (AvgIpc) is 2.93. The van der Waals surface area contributed by atoms with Crippen molar-refractivity contribution in [3.05, 3.63) is 77.9 Å². The number of nitrogens with two attached hydrogens (primary N) is 1. The number of rotatable bonds is 3. The molecule has 0 spiro atoms. The Balaban J connectivity index is 2.16. The number of carbonyl (C=O) groups is 1. The zero-order valence-electron chi connectivity index (χ0n) is 11.0. The molecule has 1 heterocycles. The third-order valence-corrected chi connectivity index (χ3v) is 3.17. The number of aromatic nitrogens is 2. The molecule has 0 saturated heterocycles. The van der Waals surface area contributed by atoms with Gasteiger partial charge in [0, 0.05) is 23.5 Å². The molecule has 0 unspecified atom stereocenters. The molecule has 0 aliphatic carbocycles. The van der Waals surface area contributed by atoms with Gasteiger partial charge in [0.25, 0.3) is 0 Å². The van der Waals surface area contributed by atoms with Crippen molar-refractivity contribution in [3.8, 4) is 5.69 Å². The van der Waals surface area contributed by atoms with E-state index in [0.29, 0.717) is 11.3 Å². The van der Waals surface area contributed by atoms with Crippen molar-refractivity contribution in [2.24, 2.45) is 0 Å². The monoisotopic (exact) mass is 281 g/mol. The molecule has 4 nitrogen and oxygen atoms in total. The first kappa shape index (κ1) is 13.1. The van der Waals surface area contributed by atoms with Crippen LogP contribution in [0.15, 0.2) is 60.9 Å². The van der Waals surface area contributed by atoms with Gasteiger partial charge >= 0.3 is 0 Å². The SMILES string of the molecule is Nc1nccn1-c1ccc(F)cc1C(=O)c1ccccc1. The van der Waals surface area contributed by atoms with Crippen LogP contribution in [0, 0.1) is 5.82 Å². The molecule has 104 valence electrons. The van der Waals surface area contributed by atoms with E-state index in [0.717, 1.165) is 0 Å². The minimum absolute atomic E-state index is 0.240. The summed E-state index contributed by atoms with van der Waals surface area (Å²) in [5, 5.41) is 0. The number of ketones is 1. The maximum atomic E-state index is 13.6. The maximum absolute atomic E-state index is 13.6. The number of hydrogen-bond donors (Lipinski definition) is 1. The summed E-state index contributed by atoms with van der Waals surface area (Å²) in [6.45, 7) is 0. The number of nitrogens with zero attached hydrogens (tertiary/aromatic N) is 2. The first-order valence-corrected chi connectivity index (χ1v) is 6.35. The molecule has 2 N–H and O–H groups in total. The van der Waals surface area contributed by atoms with Crippen molar-refractivity contribution in [1.82, 2.24) is 9.55 Å². The van der Waals surface area contributed by atoms with Crippen LogP contribution in [0.4, 0.5) is 10.3 Å². The highest BCUT2D eigenvalue weighted by Crippen LogP contribution is 2.22. The predicted octanol–water partition coefficient (Wildman–Crippen LogP) is 2.82. The van der Waals surface area contributed by atoms with Crippen LogP contribution in [0.25, 0.3) is 5.69 Å². The number of carbonyl (C=O) groups excluding carboxylic acids is 1. The maximum Gasteiger partial charge on any atom is 0.204 e. The zero-order valence-corrected chi connectivity index (χ0v) is 11.0. The molecule has 0 bridgehead atoms. The zero-order chi connectivity index (χ0) is 14.8. The van der Waals surface area contributed by atoms with E-state index in [1.54, 1.807) is 35.0 Å². The standard InChI is InChI=1S/C16H12FN3O/c17-12-6-7-14(20-9-8-19-16(20)18)13(10-12)15(21)11-4-2-1-3-5-11/h1-10H,(H2,18,19). The normalized spacial score (nSPS) is 10.5. The van der Waals surface area contributed by atoms with Gasteiger partial charge in [-0.25, -0.2) is 9.37 Å². The van der Waals surface area contributed by atoms with Gasteiger partial charge in [-0.05, 0) is 18.2 Å². The molecule has 1 aromatic heterocycles. The fourth-order valence-electron chi connectivity index (χ4n) is 2.16. The molecule has 3 aromatic rings. The number of benzene rings is 2. The number of nitrogen functional groups attached to an aromatic ring is 1. The van der Waals surface area contributed by atoms with Crippen LogP contribution in [-0.4, -0.2) is 15.3 Å². The van der Waals surface area contributed by atoms with Crippen molar-refractivity contribution < 1.29 is 9.18 Å². The fourth-order valence-corrected chi connectivity index (χ4v) is 2.16. The van der Waals surface area contributed by atoms with Gasteiger partial charge in [0.2, 0.25) is 5.95 Å². The second kappa shape index (κ2) is 5.20. The van der Waals surface area contributed by atoms with Gasteiger partial charge in [-0.15, -0.1) is 0 Å². The molecule has 3 rings (SSSR count). The van der Waals surface area contributed by atoms with E-state index in [9.17, 15) is 9.18 Å². The van der Waals surface area contributed by atoms with Gasteiger partial charge in [0.15, 0.2) is 5.78 Å².